The predicted molar refractivity (Wildman–Crippen MR) is 59.9 cm³/mol. The molecule has 1 fully saturated rings. The van der Waals surface area contributed by atoms with Gasteiger partial charge in [0.15, 0.2) is 0 Å². The highest BCUT2D eigenvalue weighted by Crippen LogP contribution is 2.18. The molecule has 0 saturated carbocycles. The number of ketones is 1. The summed E-state index contributed by atoms with van der Waals surface area (Å²) in [5.74, 6) is -0.130. The van der Waals surface area contributed by atoms with Crippen molar-refractivity contribution in [3.05, 3.63) is 23.2 Å². The van der Waals surface area contributed by atoms with Crippen LogP contribution in [0, 0.1) is 6.92 Å². The molecule has 0 aliphatic carbocycles. The Labute approximate surface area is 99.0 Å². The molecule has 5 heteroatoms. The number of carbonyl (C=O) groups is 2. The van der Waals surface area contributed by atoms with Crippen LogP contribution in [0.25, 0.3) is 0 Å². The first-order valence-corrected chi connectivity index (χ1v) is 5.63. The van der Waals surface area contributed by atoms with E-state index < -0.39 is 5.97 Å². The first-order valence-electron chi connectivity index (χ1n) is 5.63. The minimum Gasteiger partial charge on any atom is -0.475 e. The average Bonchev–Trinajstić information content (AvgIpc) is 2.64. The normalized spacial score (nSPS) is 17.4. The number of hydrogen-bond donors (Lipinski definition) is 1. The second kappa shape index (κ2) is 4.71. The number of nitrogens with zero attached hydrogens (tertiary/aromatic N) is 1. The van der Waals surface area contributed by atoms with E-state index in [1.54, 1.807) is 13.0 Å². The van der Waals surface area contributed by atoms with Gasteiger partial charge in [-0.3, -0.25) is 9.69 Å². The highest BCUT2D eigenvalue weighted by molar-refractivity contribution is 5.84. The van der Waals surface area contributed by atoms with E-state index in [0.29, 0.717) is 30.9 Å². The fourth-order valence-corrected chi connectivity index (χ4v) is 1.98. The quantitative estimate of drug-likeness (QED) is 0.861. The van der Waals surface area contributed by atoms with E-state index in [-0.39, 0.29) is 5.76 Å². The van der Waals surface area contributed by atoms with Crippen molar-refractivity contribution in [2.24, 2.45) is 0 Å². The van der Waals surface area contributed by atoms with Crippen LogP contribution in [-0.2, 0) is 11.3 Å². The zero-order valence-corrected chi connectivity index (χ0v) is 9.73. The average molecular weight is 237 g/mol. The van der Waals surface area contributed by atoms with Crippen molar-refractivity contribution in [1.82, 2.24) is 4.90 Å². The lowest BCUT2D eigenvalue weighted by Gasteiger charge is -2.25. The molecule has 0 unspecified atom stereocenters. The summed E-state index contributed by atoms with van der Waals surface area (Å²) < 4.78 is 5.15. The number of likely N-dealkylation sites (tertiary alicyclic amines) is 1. The molecule has 1 aliphatic rings. The maximum absolute atomic E-state index is 11.1. The van der Waals surface area contributed by atoms with Gasteiger partial charge < -0.3 is 9.52 Å². The van der Waals surface area contributed by atoms with E-state index in [9.17, 15) is 9.59 Å². The smallest absolute Gasteiger partial charge is 0.371 e. The molecule has 1 saturated heterocycles. The van der Waals surface area contributed by atoms with Gasteiger partial charge in [0.1, 0.15) is 11.5 Å². The van der Waals surface area contributed by atoms with Gasteiger partial charge in [-0.05, 0) is 13.0 Å². The van der Waals surface area contributed by atoms with Gasteiger partial charge >= 0.3 is 5.97 Å². The number of carbonyl (C=O) groups excluding carboxylic acids is 1. The molecular formula is C12H15NO4. The van der Waals surface area contributed by atoms with Gasteiger partial charge in [-0.1, -0.05) is 0 Å². The number of aromatic carboxylic acids is 1. The van der Waals surface area contributed by atoms with Gasteiger partial charge in [0.25, 0.3) is 0 Å². The molecular weight excluding hydrogens is 222 g/mol. The summed E-state index contributed by atoms with van der Waals surface area (Å²) in [5, 5.41) is 8.81. The Morgan fingerprint density at radius 2 is 2.12 bits per heavy atom. The number of piperidine rings is 1. The molecule has 1 N–H and O–H groups in total. The molecule has 17 heavy (non-hydrogen) atoms. The Balaban J connectivity index is 2.03. The first kappa shape index (κ1) is 11.9. The summed E-state index contributed by atoms with van der Waals surface area (Å²) >= 11 is 0. The van der Waals surface area contributed by atoms with Crippen LogP contribution in [0.4, 0.5) is 0 Å². The molecule has 0 atom stereocenters. The number of aryl methyl sites for hydroxylation is 1. The molecule has 92 valence electrons. The van der Waals surface area contributed by atoms with Crippen LogP contribution in [0.3, 0.4) is 0 Å². The maximum Gasteiger partial charge on any atom is 0.371 e. The van der Waals surface area contributed by atoms with Gasteiger partial charge in [-0.25, -0.2) is 4.79 Å². The third-order valence-corrected chi connectivity index (χ3v) is 3.04. The van der Waals surface area contributed by atoms with Gasteiger partial charge in [0, 0.05) is 38.0 Å². The van der Waals surface area contributed by atoms with Crippen LogP contribution in [0.5, 0.6) is 0 Å². The van der Waals surface area contributed by atoms with Crippen LogP contribution in [0.1, 0.15) is 34.7 Å². The van der Waals surface area contributed by atoms with E-state index in [1.807, 2.05) is 0 Å². The van der Waals surface area contributed by atoms with Crippen molar-refractivity contribution in [2.75, 3.05) is 13.1 Å². The second-order valence-electron chi connectivity index (χ2n) is 4.31. The number of furan rings is 1. The molecule has 5 nitrogen and oxygen atoms in total. The number of Topliss-reactive ketones (excluding diaryl/α,β-unsaturated/α-hetero) is 1. The van der Waals surface area contributed by atoms with Crippen LogP contribution >= 0.6 is 0 Å². The Bertz CT molecular complexity index is 439. The second-order valence-corrected chi connectivity index (χ2v) is 4.31. The van der Waals surface area contributed by atoms with Crippen molar-refractivity contribution < 1.29 is 19.1 Å². The highest BCUT2D eigenvalue weighted by Gasteiger charge is 2.19. The fourth-order valence-electron chi connectivity index (χ4n) is 1.98. The number of rotatable bonds is 3. The number of hydrogen-bond acceptors (Lipinski definition) is 4. The van der Waals surface area contributed by atoms with E-state index in [0.717, 1.165) is 18.7 Å². The summed E-state index contributed by atoms with van der Waals surface area (Å²) in [6.45, 7) is 3.89. The van der Waals surface area contributed by atoms with Gasteiger partial charge in [0.05, 0.1) is 0 Å². The summed E-state index contributed by atoms with van der Waals surface area (Å²) in [6.07, 6.45) is 1.17. The van der Waals surface area contributed by atoms with Crippen molar-refractivity contribution in [2.45, 2.75) is 26.3 Å². The van der Waals surface area contributed by atoms with Crippen LogP contribution < -0.4 is 0 Å². The Hall–Kier alpha value is -1.62. The molecule has 0 radical (unpaired) electrons. The largest absolute Gasteiger partial charge is 0.475 e. The van der Waals surface area contributed by atoms with Crippen LogP contribution in [0.2, 0.25) is 0 Å². The zero-order chi connectivity index (χ0) is 12.4. The minimum absolute atomic E-state index is 0.0226. The molecule has 0 aromatic carbocycles. The minimum atomic E-state index is -1.05. The van der Waals surface area contributed by atoms with E-state index in [2.05, 4.69) is 4.90 Å². The van der Waals surface area contributed by atoms with Crippen LogP contribution in [0.15, 0.2) is 10.5 Å². The summed E-state index contributed by atoms with van der Waals surface area (Å²) in [7, 11) is 0. The molecule has 1 aliphatic heterocycles. The van der Waals surface area contributed by atoms with Gasteiger partial charge in [-0.2, -0.15) is 0 Å². The lowest BCUT2D eigenvalue weighted by Crippen LogP contribution is -2.33. The maximum atomic E-state index is 11.1. The highest BCUT2D eigenvalue weighted by atomic mass is 16.4. The molecule has 1 aromatic heterocycles. The van der Waals surface area contributed by atoms with E-state index >= 15 is 0 Å². The molecule has 0 spiro atoms. The Kier molecular flexibility index (Phi) is 3.28. The van der Waals surface area contributed by atoms with Gasteiger partial charge in [-0.15, -0.1) is 0 Å². The molecule has 2 heterocycles. The Morgan fingerprint density at radius 1 is 1.47 bits per heavy atom. The lowest BCUT2D eigenvalue weighted by atomic mass is 10.1. The molecule has 2 rings (SSSR count). The fraction of sp³-hybridized carbons (Fsp3) is 0.500. The first-order chi connectivity index (χ1) is 8.06. The third kappa shape index (κ3) is 2.74. The summed E-state index contributed by atoms with van der Waals surface area (Å²) in [6, 6.07) is 1.56. The van der Waals surface area contributed by atoms with Crippen molar-refractivity contribution >= 4 is 11.8 Å². The topological polar surface area (TPSA) is 70.8 Å². The van der Waals surface area contributed by atoms with Crippen molar-refractivity contribution in [3.63, 3.8) is 0 Å². The van der Waals surface area contributed by atoms with Crippen molar-refractivity contribution in [1.29, 1.82) is 0 Å². The van der Waals surface area contributed by atoms with Crippen LogP contribution in [-0.4, -0.2) is 34.8 Å². The predicted octanol–water partition coefficient (Wildman–Crippen LogP) is 1.45. The number of carboxylic acids is 1. The number of carboxylic acid groups (broad SMARTS) is 1. The SMILES string of the molecule is Cc1oc(C(=O)O)cc1CN1CCC(=O)CC1. The lowest BCUT2D eigenvalue weighted by molar-refractivity contribution is -0.121. The monoisotopic (exact) mass is 237 g/mol. The summed E-state index contributed by atoms with van der Waals surface area (Å²) in [5.41, 5.74) is 0.886. The van der Waals surface area contributed by atoms with E-state index in [1.165, 1.54) is 0 Å². The summed E-state index contributed by atoms with van der Waals surface area (Å²) in [4.78, 5) is 24.0. The third-order valence-electron chi connectivity index (χ3n) is 3.04. The molecule has 1 aromatic rings. The zero-order valence-electron chi connectivity index (χ0n) is 9.73. The Morgan fingerprint density at radius 3 is 2.65 bits per heavy atom. The molecule has 0 bridgehead atoms. The molecule has 0 amide bonds. The van der Waals surface area contributed by atoms with E-state index in [4.69, 9.17) is 9.52 Å². The standard InChI is InChI=1S/C12H15NO4/c1-8-9(6-11(17-8)12(15)16)7-13-4-2-10(14)3-5-13/h6H,2-5,7H2,1H3,(H,15,16). The van der Waals surface area contributed by atoms with Gasteiger partial charge in [0.2, 0.25) is 5.76 Å². The van der Waals surface area contributed by atoms with Crippen molar-refractivity contribution in [3.8, 4) is 0 Å².